The molecule has 1 unspecified atom stereocenters. The van der Waals surface area contributed by atoms with E-state index in [1.807, 2.05) is 0 Å². The molecule has 182 valence electrons. The molecule has 0 saturated carbocycles. The number of methoxy groups -OCH3 is 2. The van der Waals surface area contributed by atoms with Crippen LogP contribution in [0, 0.1) is 11.2 Å². The first-order valence-electron chi connectivity index (χ1n) is 10.1. The molecular weight excluding hydrogens is 523 g/mol. The predicted octanol–water partition coefficient (Wildman–Crippen LogP) is 2.90. The van der Waals surface area contributed by atoms with Gasteiger partial charge in [-0.2, -0.15) is 0 Å². The molecule has 0 aliphatic heterocycles. The van der Waals surface area contributed by atoms with Crippen molar-refractivity contribution in [2.24, 2.45) is 5.73 Å². The molecular formula is C23H22BrFN6O4. The number of hydrogen-bond donors (Lipinski definition) is 5. The highest BCUT2D eigenvalue weighted by molar-refractivity contribution is 9.10. The molecule has 35 heavy (non-hydrogen) atoms. The maximum atomic E-state index is 15.0. The number of amidine groups is 1. The van der Waals surface area contributed by atoms with E-state index >= 15 is 4.39 Å². The van der Waals surface area contributed by atoms with Crippen molar-refractivity contribution in [2.75, 3.05) is 19.5 Å². The topological polar surface area (TPSA) is 151 Å². The minimum atomic E-state index is -1.30. The average Bonchev–Trinajstić information content (AvgIpc) is 2.86. The molecule has 12 heteroatoms. The largest absolute Gasteiger partial charge is 0.493 e. The van der Waals surface area contributed by atoms with Gasteiger partial charge in [0.2, 0.25) is 0 Å². The SMILES string of the molecule is COc1cc(F)c(C(Nc2ccc(C(=N)N)cc2)C(=O)NNC(=O)c2ncccc2Br)cc1OC. The van der Waals surface area contributed by atoms with Crippen molar-refractivity contribution >= 4 is 39.3 Å². The van der Waals surface area contributed by atoms with Crippen molar-refractivity contribution in [3.63, 3.8) is 0 Å². The molecule has 0 bridgehead atoms. The Balaban J connectivity index is 1.91. The summed E-state index contributed by atoms with van der Waals surface area (Å²) in [6.45, 7) is 0. The van der Waals surface area contributed by atoms with Crippen LogP contribution in [-0.4, -0.2) is 36.9 Å². The van der Waals surface area contributed by atoms with Crippen LogP contribution >= 0.6 is 15.9 Å². The molecule has 6 N–H and O–H groups in total. The molecule has 10 nitrogen and oxygen atoms in total. The van der Waals surface area contributed by atoms with Gasteiger partial charge in [0.25, 0.3) is 11.8 Å². The summed E-state index contributed by atoms with van der Waals surface area (Å²) in [5.41, 5.74) is 10.9. The number of nitrogens with zero attached hydrogens (tertiary/aromatic N) is 1. The highest BCUT2D eigenvalue weighted by Gasteiger charge is 2.27. The Morgan fingerprint density at radius 1 is 1.09 bits per heavy atom. The number of nitrogens with two attached hydrogens (primary N) is 1. The lowest BCUT2D eigenvalue weighted by molar-refractivity contribution is -0.122. The predicted molar refractivity (Wildman–Crippen MR) is 131 cm³/mol. The van der Waals surface area contributed by atoms with Gasteiger partial charge in [0.15, 0.2) is 11.5 Å². The normalized spacial score (nSPS) is 11.2. The minimum Gasteiger partial charge on any atom is -0.493 e. The molecule has 0 radical (unpaired) electrons. The van der Waals surface area contributed by atoms with Crippen molar-refractivity contribution < 1.29 is 23.5 Å². The Morgan fingerprint density at radius 3 is 2.34 bits per heavy atom. The van der Waals surface area contributed by atoms with Crippen molar-refractivity contribution in [2.45, 2.75) is 6.04 Å². The maximum Gasteiger partial charge on any atom is 0.289 e. The van der Waals surface area contributed by atoms with Gasteiger partial charge in [0, 0.05) is 33.6 Å². The third-order valence-electron chi connectivity index (χ3n) is 4.86. The zero-order chi connectivity index (χ0) is 25.5. The molecule has 0 fully saturated rings. The fourth-order valence-electron chi connectivity index (χ4n) is 3.09. The highest BCUT2D eigenvalue weighted by Crippen LogP contribution is 2.33. The third kappa shape index (κ3) is 6.03. The zero-order valence-corrected chi connectivity index (χ0v) is 20.3. The first-order chi connectivity index (χ1) is 16.7. The fraction of sp³-hybridized carbons (Fsp3) is 0.130. The lowest BCUT2D eigenvalue weighted by Gasteiger charge is -2.22. The molecule has 1 aromatic heterocycles. The van der Waals surface area contributed by atoms with E-state index in [-0.39, 0.29) is 28.6 Å². The van der Waals surface area contributed by atoms with Gasteiger partial charge in [-0.25, -0.2) is 9.37 Å². The van der Waals surface area contributed by atoms with Gasteiger partial charge in [-0.1, -0.05) is 0 Å². The number of amides is 2. The van der Waals surface area contributed by atoms with Crippen LogP contribution in [0.15, 0.2) is 59.2 Å². The summed E-state index contributed by atoms with van der Waals surface area (Å²) in [6.07, 6.45) is 1.43. The quantitative estimate of drug-likeness (QED) is 0.166. The average molecular weight is 545 g/mol. The van der Waals surface area contributed by atoms with E-state index in [4.69, 9.17) is 20.6 Å². The number of aromatic nitrogens is 1. The van der Waals surface area contributed by atoms with E-state index in [0.717, 1.165) is 6.07 Å². The van der Waals surface area contributed by atoms with Crippen molar-refractivity contribution in [1.82, 2.24) is 15.8 Å². The Hall–Kier alpha value is -4.19. The van der Waals surface area contributed by atoms with Crippen LogP contribution in [0.4, 0.5) is 10.1 Å². The molecule has 3 aromatic rings. The first kappa shape index (κ1) is 25.4. The number of carbonyl (C=O) groups is 2. The standard InChI is InChI=1S/C23H22BrFN6O4/c1-34-17-10-14(16(25)11-18(17)35-2)19(29-13-7-5-12(6-8-13)21(26)27)22(32)30-31-23(33)20-15(24)4-3-9-28-20/h3-11,19,29H,1-2H3,(H3,26,27)(H,30,32)(H,31,33). The maximum absolute atomic E-state index is 15.0. The molecule has 0 aliphatic rings. The number of carbonyl (C=O) groups excluding carboxylic acids is 2. The van der Waals surface area contributed by atoms with E-state index < -0.39 is 23.7 Å². The molecule has 2 aromatic carbocycles. The van der Waals surface area contributed by atoms with Crippen LogP contribution < -0.4 is 31.4 Å². The summed E-state index contributed by atoms with van der Waals surface area (Å²) in [6, 6.07) is 10.7. The summed E-state index contributed by atoms with van der Waals surface area (Å²) in [4.78, 5) is 29.6. The highest BCUT2D eigenvalue weighted by atomic mass is 79.9. The van der Waals surface area contributed by atoms with Gasteiger partial charge in [-0.3, -0.25) is 25.8 Å². The van der Waals surface area contributed by atoms with Gasteiger partial charge in [0.1, 0.15) is 23.4 Å². The molecule has 1 heterocycles. The smallest absolute Gasteiger partial charge is 0.289 e. The van der Waals surface area contributed by atoms with Crippen LogP contribution in [0.5, 0.6) is 11.5 Å². The summed E-state index contributed by atoms with van der Waals surface area (Å²) in [7, 11) is 2.74. The summed E-state index contributed by atoms with van der Waals surface area (Å²) in [5, 5.41) is 10.4. The van der Waals surface area contributed by atoms with Gasteiger partial charge < -0.3 is 20.5 Å². The van der Waals surface area contributed by atoms with Crippen LogP contribution in [0.2, 0.25) is 0 Å². The second kappa shape index (κ2) is 11.3. The third-order valence-corrected chi connectivity index (χ3v) is 5.50. The Labute approximate surface area is 208 Å². The van der Waals surface area contributed by atoms with Crippen LogP contribution in [0.3, 0.4) is 0 Å². The molecule has 3 rings (SSSR count). The van der Waals surface area contributed by atoms with Gasteiger partial charge >= 0.3 is 0 Å². The first-order valence-corrected chi connectivity index (χ1v) is 10.9. The number of anilines is 1. The Morgan fingerprint density at radius 2 is 1.74 bits per heavy atom. The lowest BCUT2D eigenvalue weighted by Crippen LogP contribution is -2.46. The lowest BCUT2D eigenvalue weighted by atomic mass is 10.0. The molecule has 0 spiro atoms. The number of nitrogen functional groups attached to an aromatic ring is 1. The van der Waals surface area contributed by atoms with E-state index in [1.165, 1.54) is 26.5 Å². The van der Waals surface area contributed by atoms with Gasteiger partial charge in [0.05, 0.1) is 14.2 Å². The van der Waals surface area contributed by atoms with Crippen LogP contribution in [0.1, 0.15) is 27.7 Å². The Bertz CT molecular complexity index is 1260. The summed E-state index contributed by atoms with van der Waals surface area (Å²) in [5.74, 6) is -1.96. The van der Waals surface area contributed by atoms with Crippen molar-refractivity contribution in [3.8, 4) is 11.5 Å². The minimum absolute atomic E-state index is 0.0504. The monoisotopic (exact) mass is 544 g/mol. The van der Waals surface area contributed by atoms with E-state index in [9.17, 15) is 9.59 Å². The number of rotatable bonds is 8. The van der Waals surface area contributed by atoms with E-state index in [2.05, 4.69) is 37.1 Å². The van der Waals surface area contributed by atoms with Gasteiger partial charge in [-0.15, -0.1) is 0 Å². The van der Waals surface area contributed by atoms with Crippen molar-refractivity contribution in [3.05, 3.63) is 81.8 Å². The Kier molecular flexibility index (Phi) is 8.21. The summed E-state index contributed by atoms with van der Waals surface area (Å²) >= 11 is 3.22. The molecule has 2 amide bonds. The summed E-state index contributed by atoms with van der Waals surface area (Å²) < 4.78 is 25.8. The van der Waals surface area contributed by atoms with Gasteiger partial charge in [-0.05, 0) is 58.4 Å². The molecule has 0 saturated heterocycles. The van der Waals surface area contributed by atoms with Crippen LogP contribution in [-0.2, 0) is 4.79 Å². The number of nitrogens with one attached hydrogen (secondary N) is 4. The fourth-order valence-corrected chi connectivity index (χ4v) is 3.53. The van der Waals surface area contributed by atoms with Crippen LogP contribution in [0.25, 0.3) is 0 Å². The number of pyridine rings is 1. The number of hydrogen-bond acceptors (Lipinski definition) is 7. The number of benzene rings is 2. The molecule has 0 aliphatic carbocycles. The number of hydrazine groups is 1. The number of halogens is 2. The van der Waals surface area contributed by atoms with Crippen molar-refractivity contribution in [1.29, 1.82) is 5.41 Å². The van der Waals surface area contributed by atoms with E-state index in [1.54, 1.807) is 36.4 Å². The molecule has 1 atom stereocenters. The second-order valence-electron chi connectivity index (χ2n) is 7.07. The second-order valence-corrected chi connectivity index (χ2v) is 7.93. The zero-order valence-electron chi connectivity index (χ0n) is 18.7. The number of ether oxygens (including phenoxy) is 2. The van der Waals surface area contributed by atoms with E-state index in [0.29, 0.717) is 15.7 Å².